The van der Waals surface area contributed by atoms with E-state index in [9.17, 15) is 9.59 Å². The van der Waals surface area contributed by atoms with E-state index in [1.807, 2.05) is 4.90 Å². The smallest absolute Gasteiger partial charge is 0.408 e. The maximum atomic E-state index is 10.9. The zero-order valence-electron chi connectivity index (χ0n) is 8.36. The molecule has 1 aliphatic heterocycles. The first-order valence-corrected chi connectivity index (χ1v) is 4.81. The summed E-state index contributed by atoms with van der Waals surface area (Å²) in [5.41, 5.74) is 0. The Labute approximate surface area is 83.4 Å². The molecule has 0 aliphatic carbocycles. The van der Waals surface area contributed by atoms with Gasteiger partial charge in [-0.05, 0) is 12.8 Å². The molecule has 0 saturated carbocycles. The first-order chi connectivity index (χ1) is 6.77. The Hall–Kier alpha value is -1.10. The number of hydrogen-bond acceptors (Lipinski definition) is 4. The summed E-state index contributed by atoms with van der Waals surface area (Å²) in [6.45, 7) is 1.71. The lowest BCUT2D eigenvalue weighted by Crippen LogP contribution is -2.51. The molecule has 1 aliphatic rings. The van der Waals surface area contributed by atoms with E-state index in [0.29, 0.717) is 0 Å². The minimum Gasteiger partial charge on any atom is -0.453 e. The zero-order valence-corrected chi connectivity index (χ0v) is 8.36. The molecule has 5 heteroatoms. The largest absolute Gasteiger partial charge is 0.453 e. The predicted molar refractivity (Wildman–Crippen MR) is 50.8 cm³/mol. The lowest BCUT2D eigenvalue weighted by Gasteiger charge is -2.31. The number of piperidine rings is 1. The van der Waals surface area contributed by atoms with Gasteiger partial charge in [-0.15, -0.1) is 0 Å². The second-order valence-corrected chi connectivity index (χ2v) is 3.31. The summed E-state index contributed by atoms with van der Waals surface area (Å²) in [5.74, 6) is 0. The van der Waals surface area contributed by atoms with E-state index in [4.69, 9.17) is 0 Å². The molecular weight excluding hydrogens is 184 g/mol. The number of nitrogens with one attached hydrogen (secondary N) is 1. The van der Waals surface area contributed by atoms with Crippen molar-refractivity contribution in [2.75, 3.05) is 20.2 Å². The van der Waals surface area contributed by atoms with Gasteiger partial charge in [0.1, 0.15) is 6.17 Å². The molecule has 0 radical (unpaired) electrons. The molecule has 5 nitrogen and oxygen atoms in total. The minimum atomic E-state index is -0.562. The molecule has 0 aromatic carbocycles. The van der Waals surface area contributed by atoms with E-state index in [1.165, 1.54) is 13.5 Å². The average Bonchev–Trinajstić information content (AvgIpc) is 2.26. The number of methoxy groups -OCH3 is 1. The van der Waals surface area contributed by atoms with E-state index < -0.39 is 12.3 Å². The highest BCUT2D eigenvalue weighted by molar-refractivity contribution is 5.72. The Balaban J connectivity index is 2.43. The molecule has 14 heavy (non-hydrogen) atoms. The van der Waals surface area contributed by atoms with Crippen molar-refractivity contribution < 1.29 is 14.3 Å². The second kappa shape index (κ2) is 5.59. The Morgan fingerprint density at radius 2 is 2.07 bits per heavy atom. The van der Waals surface area contributed by atoms with Crippen LogP contribution in [0.15, 0.2) is 0 Å². The van der Waals surface area contributed by atoms with Crippen LogP contribution in [0.3, 0.4) is 0 Å². The molecule has 1 saturated heterocycles. The van der Waals surface area contributed by atoms with Crippen molar-refractivity contribution in [1.82, 2.24) is 10.2 Å². The SMILES string of the molecule is COC(=O)N[C@@H](C=O)N1CCCCC1. The van der Waals surface area contributed by atoms with Crippen LogP contribution in [0, 0.1) is 0 Å². The normalized spacial score (nSPS) is 19.8. The van der Waals surface area contributed by atoms with Gasteiger partial charge in [-0.2, -0.15) is 0 Å². The van der Waals surface area contributed by atoms with Crippen LogP contribution in [0.4, 0.5) is 4.79 Å². The van der Waals surface area contributed by atoms with Crippen molar-refractivity contribution >= 4 is 12.4 Å². The number of carbonyl (C=O) groups excluding carboxylic acids is 2. The fourth-order valence-electron chi connectivity index (χ4n) is 1.59. The summed E-state index contributed by atoms with van der Waals surface area (Å²) >= 11 is 0. The van der Waals surface area contributed by atoms with Gasteiger partial charge < -0.3 is 4.74 Å². The molecule has 1 fully saturated rings. The van der Waals surface area contributed by atoms with Crippen molar-refractivity contribution in [1.29, 1.82) is 0 Å². The summed E-state index contributed by atoms with van der Waals surface area (Å²) in [6, 6.07) is 0. The fourth-order valence-corrected chi connectivity index (χ4v) is 1.59. The highest BCUT2D eigenvalue weighted by Crippen LogP contribution is 2.09. The Bertz CT molecular complexity index is 202. The zero-order chi connectivity index (χ0) is 10.4. The first-order valence-electron chi connectivity index (χ1n) is 4.81. The number of nitrogens with zero attached hydrogens (tertiary/aromatic N) is 1. The van der Waals surface area contributed by atoms with Crippen LogP contribution in [0.1, 0.15) is 19.3 Å². The third-order valence-corrected chi connectivity index (χ3v) is 2.36. The van der Waals surface area contributed by atoms with Gasteiger partial charge in [0.2, 0.25) is 0 Å². The molecule has 0 unspecified atom stereocenters. The standard InChI is InChI=1S/C9H16N2O3/c1-14-9(13)10-8(7-12)11-5-3-2-4-6-11/h7-8H,2-6H2,1H3,(H,10,13)/t8-/m1/s1. The topological polar surface area (TPSA) is 58.6 Å². The van der Waals surface area contributed by atoms with Gasteiger partial charge in [0.15, 0.2) is 6.29 Å². The third-order valence-electron chi connectivity index (χ3n) is 2.36. The lowest BCUT2D eigenvalue weighted by atomic mass is 10.1. The van der Waals surface area contributed by atoms with Gasteiger partial charge >= 0.3 is 6.09 Å². The van der Waals surface area contributed by atoms with Gasteiger partial charge in [-0.3, -0.25) is 15.0 Å². The monoisotopic (exact) mass is 200 g/mol. The van der Waals surface area contributed by atoms with Gasteiger partial charge in [-0.25, -0.2) is 4.79 Å². The molecule has 80 valence electrons. The van der Waals surface area contributed by atoms with Gasteiger partial charge in [0.05, 0.1) is 7.11 Å². The van der Waals surface area contributed by atoms with E-state index in [0.717, 1.165) is 32.2 Å². The quantitative estimate of drug-likeness (QED) is 0.668. The summed E-state index contributed by atoms with van der Waals surface area (Å²) < 4.78 is 4.44. The number of likely N-dealkylation sites (tertiary alicyclic amines) is 1. The maximum absolute atomic E-state index is 10.9. The van der Waals surface area contributed by atoms with Gasteiger partial charge in [0, 0.05) is 13.1 Å². The predicted octanol–water partition coefficient (Wildman–Crippen LogP) is 0.353. The number of ether oxygens (including phenoxy) is 1. The fraction of sp³-hybridized carbons (Fsp3) is 0.778. The number of hydrogen-bond donors (Lipinski definition) is 1. The maximum Gasteiger partial charge on any atom is 0.408 e. The number of amides is 1. The van der Waals surface area contributed by atoms with Crippen molar-refractivity contribution in [2.24, 2.45) is 0 Å². The van der Waals surface area contributed by atoms with Crippen LogP contribution < -0.4 is 5.32 Å². The van der Waals surface area contributed by atoms with E-state index in [2.05, 4.69) is 10.1 Å². The highest BCUT2D eigenvalue weighted by atomic mass is 16.5. The molecule has 1 atom stereocenters. The van der Waals surface area contributed by atoms with Crippen molar-refractivity contribution in [3.05, 3.63) is 0 Å². The lowest BCUT2D eigenvalue weighted by molar-refractivity contribution is -0.113. The van der Waals surface area contributed by atoms with Crippen LogP contribution in [-0.4, -0.2) is 43.6 Å². The van der Waals surface area contributed by atoms with Crippen LogP contribution in [0.2, 0.25) is 0 Å². The molecular formula is C9H16N2O3. The molecule has 1 amide bonds. The van der Waals surface area contributed by atoms with E-state index in [1.54, 1.807) is 0 Å². The summed E-state index contributed by atoms with van der Waals surface area (Å²) in [5, 5.41) is 2.48. The first kappa shape index (κ1) is 11.0. The molecule has 0 aromatic rings. The summed E-state index contributed by atoms with van der Waals surface area (Å²) in [4.78, 5) is 23.6. The molecule has 1 N–H and O–H groups in total. The molecule has 0 bridgehead atoms. The van der Waals surface area contributed by atoms with Crippen LogP contribution in [-0.2, 0) is 9.53 Å². The number of rotatable bonds is 3. The minimum absolute atomic E-state index is 0.539. The molecule has 0 spiro atoms. The highest BCUT2D eigenvalue weighted by Gasteiger charge is 2.21. The van der Waals surface area contributed by atoms with Crippen LogP contribution >= 0.6 is 0 Å². The van der Waals surface area contributed by atoms with Crippen molar-refractivity contribution in [2.45, 2.75) is 25.4 Å². The molecule has 1 heterocycles. The van der Waals surface area contributed by atoms with E-state index in [-0.39, 0.29) is 0 Å². The summed E-state index contributed by atoms with van der Waals surface area (Å²) in [7, 11) is 1.29. The third kappa shape index (κ3) is 2.99. The number of aldehydes is 1. The van der Waals surface area contributed by atoms with Gasteiger partial charge in [0.25, 0.3) is 0 Å². The van der Waals surface area contributed by atoms with E-state index >= 15 is 0 Å². The Morgan fingerprint density at radius 1 is 1.43 bits per heavy atom. The number of carbonyl (C=O) groups is 2. The average molecular weight is 200 g/mol. The van der Waals surface area contributed by atoms with Crippen molar-refractivity contribution in [3.8, 4) is 0 Å². The molecule has 0 aromatic heterocycles. The Kier molecular flexibility index (Phi) is 4.39. The Morgan fingerprint density at radius 3 is 2.57 bits per heavy atom. The molecule has 1 rings (SSSR count). The summed E-state index contributed by atoms with van der Waals surface area (Å²) in [6.07, 6.45) is 2.98. The van der Waals surface area contributed by atoms with Crippen molar-refractivity contribution in [3.63, 3.8) is 0 Å². The van der Waals surface area contributed by atoms with Gasteiger partial charge in [-0.1, -0.05) is 6.42 Å². The number of alkyl carbamates (subject to hydrolysis) is 1. The second-order valence-electron chi connectivity index (χ2n) is 3.31. The van der Waals surface area contributed by atoms with Crippen LogP contribution in [0.25, 0.3) is 0 Å². The van der Waals surface area contributed by atoms with Crippen LogP contribution in [0.5, 0.6) is 0 Å².